The Morgan fingerprint density at radius 3 is 2.68 bits per heavy atom. The number of carboxylic acid groups (broad SMARTS) is 1. The van der Waals surface area contributed by atoms with Crippen molar-refractivity contribution < 1.29 is 9.90 Å². The van der Waals surface area contributed by atoms with Crippen LogP contribution in [-0.2, 0) is 6.54 Å². The summed E-state index contributed by atoms with van der Waals surface area (Å²) in [4.78, 5) is 13.9. The molecule has 1 N–H and O–H groups in total. The highest BCUT2D eigenvalue weighted by molar-refractivity contribution is 5.89. The van der Waals surface area contributed by atoms with E-state index >= 15 is 0 Å². The van der Waals surface area contributed by atoms with Crippen molar-refractivity contribution in [2.24, 2.45) is 0 Å². The Morgan fingerprint density at radius 2 is 1.92 bits per heavy atom. The van der Waals surface area contributed by atoms with Crippen LogP contribution in [-0.4, -0.2) is 28.1 Å². The van der Waals surface area contributed by atoms with Gasteiger partial charge in [-0.05, 0) is 48.1 Å². The second-order valence-corrected chi connectivity index (χ2v) is 7.09. The minimum atomic E-state index is -0.857. The second-order valence-electron chi connectivity index (χ2n) is 7.09. The SMILES string of the molecule is O=C(O)c1cccc(C2=CC3CCCC(C2)N3Cc2ccccc2)c1. The van der Waals surface area contributed by atoms with Crippen LogP contribution < -0.4 is 0 Å². The zero-order valence-corrected chi connectivity index (χ0v) is 14.3. The monoisotopic (exact) mass is 333 g/mol. The highest BCUT2D eigenvalue weighted by Gasteiger charge is 2.34. The number of piperidine rings is 1. The lowest BCUT2D eigenvalue weighted by atomic mass is 9.82. The smallest absolute Gasteiger partial charge is 0.335 e. The van der Waals surface area contributed by atoms with Crippen LogP contribution >= 0.6 is 0 Å². The van der Waals surface area contributed by atoms with Crippen LogP contribution in [0.2, 0.25) is 0 Å². The number of fused-ring (bicyclic) bond motifs is 2. The molecule has 0 spiro atoms. The molecule has 0 aliphatic carbocycles. The number of aromatic carboxylic acids is 1. The van der Waals surface area contributed by atoms with Crippen LogP contribution in [0.5, 0.6) is 0 Å². The van der Waals surface area contributed by atoms with Gasteiger partial charge in [0.25, 0.3) is 0 Å². The lowest BCUT2D eigenvalue weighted by molar-refractivity contribution is 0.0697. The van der Waals surface area contributed by atoms with Crippen molar-refractivity contribution in [3.8, 4) is 0 Å². The van der Waals surface area contributed by atoms with E-state index in [0.29, 0.717) is 17.6 Å². The summed E-state index contributed by atoms with van der Waals surface area (Å²) in [5, 5.41) is 9.25. The summed E-state index contributed by atoms with van der Waals surface area (Å²) in [5.74, 6) is -0.857. The fourth-order valence-corrected chi connectivity index (χ4v) is 4.22. The number of nitrogens with zero attached hydrogens (tertiary/aromatic N) is 1. The van der Waals surface area contributed by atoms with Crippen LogP contribution in [0.25, 0.3) is 5.57 Å². The third-order valence-corrected chi connectivity index (χ3v) is 5.47. The Morgan fingerprint density at radius 1 is 1.08 bits per heavy atom. The maximum Gasteiger partial charge on any atom is 0.335 e. The number of benzene rings is 2. The molecule has 0 aromatic heterocycles. The first-order valence-corrected chi connectivity index (χ1v) is 9.05. The molecule has 25 heavy (non-hydrogen) atoms. The van der Waals surface area contributed by atoms with Gasteiger partial charge in [0.2, 0.25) is 0 Å². The van der Waals surface area contributed by atoms with Crippen LogP contribution in [0.4, 0.5) is 0 Å². The van der Waals surface area contributed by atoms with Gasteiger partial charge >= 0.3 is 5.97 Å². The van der Waals surface area contributed by atoms with E-state index in [0.717, 1.165) is 18.5 Å². The number of hydrogen-bond donors (Lipinski definition) is 1. The second kappa shape index (κ2) is 6.85. The molecule has 1 saturated heterocycles. The molecule has 2 aliphatic heterocycles. The quantitative estimate of drug-likeness (QED) is 0.889. The molecule has 4 rings (SSSR count). The van der Waals surface area contributed by atoms with Gasteiger partial charge in [-0.1, -0.05) is 55.0 Å². The van der Waals surface area contributed by atoms with E-state index in [2.05, 4.69) is 41.3 Å². The number of rotatable bonds is 4. The van der Waals surface area contributed by atoms with E-state index < -0.39 is 5.97 Å². The number of carboxylic acids is 1. The Bertz CT molecular complexity index is 797. The highest BCUT2D eigenvalue weighted by Crippen LogP contribution is 2.38. The maximum absolute atomic E-state index is 11.3. The average Bonchev–Trinajstić information content (AvgIpc) is 2.62. The number of carbonyl (C=O) groups is 1. The maximum atomic E-state index is 11.3. The fraction of sp³-hybridized carbons (Fsp3) is 0.318. The Balaban J connectivity index is 1.61. The van der Waals surface area contributed by atoms with Gasteiger partial charge in [0, 0.05) is 18.6 Å². The molecule has 3 heteroatoms. The van der Waals surface area contributed by atoms with Crippen LogP contribution in [0, 0.1) is 0 Å². The van der Waals surface area contributed by atoms with Crippen molar-refractivity contribution >= 4 is 11.5 Å². The van der Waals surface area contributed by atoms with Crippen molar-refractivity contribution in [2.75, 3.05) is 0 Å². The topological polar surface area (TPSA) is 40.5 Å². The van der Waals surface area contributed by atoms with E-state index in [1.807, 2.05) is 18.2 Å². The van der Waals surface area contributed by atoms with Gasteiger partial charge in [-0.15, -0.1) is 0 Å². The van der Waals surface area contributed by atoms with Crippen molar-refractivity contribution in [1.82, 2.24) is 4.90 Å². The minimum Gasteiger partial charge on any atom is -0.478 e. The zero-order valence-electron chi connectivity index (χ0n) is 14.3. The summed E-state index contributed by atoms with van der Waals surface area (Å²) in [6.45, 7) is 0.995. The Kier molecular flexibility index (Phi) is 4.41. The highest BCUT2D eigenvalue weighted by atomic mass is 16.4. The molecule has 0 radical (unpaired) electrons. The first kappa shape index (κ1) is 16.1. The van der Waals surface area contributed by atoms with Gasteiger partial charge in [0.1, 0.15) is 0 Å². The zero-order chi connectivity index (χ0) is 17.2. The summed E-state index contributed by atoms with van der Waals surface area (Å²) in [7, 11) is 0. The predicted molar refractivity (Wildman–Crippen MR) is 99.4 cm³/mol. The van der Waals surface area contributed by atoms with Crippen molar-refractivity contribution in [3.63, 3.8) is 0 Å². The summed E-state index contributed by atoms with van der Waals surface area (Å²) in [6.07, 6.45) is 7.07. The molecule has 2 aromatic rings. The van der Waals surface area contributed by atoms with E-state index in [-0.39, 0.29) is 0 Å². The van der Waals surface area contributed by atoms with E-state index in [1.54, 1.807) is 6.07 Å². The molecular weight excluding hydrogens is 310 g/mol. The van der Waals surface area contributed by atoms with Crippen molar-refractivity contribution in [1.29, 1.82) is 0 Å². The molecule has 2 unspecified atom stereocenters. The summed E-state index contributed by atoms with van der Waals surface area (Å²) in [5.41, 5.74) is 4.11. The van der Waals surface area contributed by atoms with Crippen molar-refractivity contribution in [2.45, 2.75) is 44.3 Å². The Hall–Kier alpha value is -2.39. The molecule has 128 valence electrons. The normalized spacial score (nSPS) is 23.1. The van der Waals surface area contributed by atoms with Gasteiger partial charge in [0.05, 0.1) is 5.56 Å². The molecule has 2 bridgehead atoms. The van der Waals surface area contributed by atoms with Crippen LogP contribution in [0.3, 0.4) is 0 Å². The van der Waals surface area contributed by atoms with E-state index in [1.165, 1.54) is 30.4 Å². The van der Waals surface area contributed by atoms with Crippen LogP contribution in [0.15, 0.2) is 60.7 Å². The van der Waals surface area contributed by atoms with Crippen molar-refractivity contribution in [3.05, 3.63) is 77.4 Å². The number of hydrogen-bond acceptors (Lipinski definition) is 2. The predicted octanol–water partition coefficient (Wildman–Crippen LogP) is 4.60. The summed E-state index contributed by atoms with van der Waals surface area (Å²) in [6, 6.07) is 19.1. The fourth-order valence-electron chi connectivity index (χ4n) is 4.22. The van der Waals surface area contributed by atoms with Gasteiger partial charge in [-0.2, -0.15) is 0 Å². The molecule has 2 aromatic carbocycles. The minimum absolute atomic E-state index is 0.371. The first-order chi connectivity index (χ1) is 12.2. The molecule has 2 atom stereocenters. The standard InChI is InChI=1S/C22H23NO2/c24-22(25)18-9-4-8-17(12-18)19-13-20-10-5-11-21(14-19)23(20)15-16-6-2-1-3-7-16/h1-4,6-9,12-13,20-21H,5,10-11,14-15H2,(H,24,25). The lowest BCUT2D eigenvalue weighted by Gasteiger charge is -2.45. The third-order valence-electron chi connectivity index (χ3n) is 5.47. The molecule has 2 heterocycles. The largest absolute Gasteiger partial charge is 0.478 e. The molecule has 3 nitrogen and oxygen atoms in total. The molecule has 1 fully saturated rings. The van der Waals surface area contributed by atoms with Gasteiger partial charge in [-0.25, -0.2) is 4.79 Å². The molecule has 2 aliphatic rings. The summed E-state index contributed by atoms with van der Waals surface area (Å²) >= 11 is 0. The molecule has 0 amide bonds. The third kappa shape index (κ3) is 3.38. The average molecular weight is 333 g/mol. The van der Waals surface area contributed by atoms with Gasteiger partial charge in [-0.3, -0.25) is 4.90 Å². The van der Waals surface area contributed by atoms with Crippen LogP contribution in [0.1, 0.15) is 47.2 Å². The summed E-state index contributed by atoms with van der Waals surface area (Å²) < 4.78 is 0. The Labute approximate surface area is 148 Å². The van der Waals surface area contributed by atoms with E-state index in [4.69, 9.17) is 0 Å². The van der Waals surface area contributed by atoms with E-state index in [9.17, 15) is 9.90 Å². The van der Waals surface area contributed by atoms with Gasteiger partial charge in [0.15, 0.2) is 0 Å². The first-order valence-electron chi connectivity index (χ1n) is 9.05. The molecular formula is C22H23NO2. The molecule has 0 saturated carbocycles. The van der Waals surface area contributed by atoms with Gasteiger partial charge < -0.3 is 5.11 Å². The lowest BCUT2D eigenvalue weighted by Crippen LogP contribution is -2.47.